The molecule has 6 fully saturated rings. The van der Waals surface area contributed by atoms with Crippen LogP contribution < -0.4 is 10.6 Å². The van der Waals surface area contributed by atoms with Gasteiger partial charge in [-0.25, -0.2) is 8.42 Å². The molecule has 284 valence electrons. The zero-order chi connectivity index (χ0) is 36.4. The molecule has 0 amide bonds. The molecule has 7 aliphatic carbocycles. The van der Waals surface area contributed by atoms with E-state index < -0.39 is 15.8 Å². The topological polar surface area (TPSA) is 95.5 Å². The van der Waals surface area contributed by atoms with Gasteiger partial charge in [-0.15, -0.1) is 0 Å². The van der Waals surface area contributed by atoms with Gasteiger partial charge >= 0.3 is 5.97 Å². The predicted molar refractivity (Wildman–Crippen MR) is 206 cm³/mol. The lowest BCUT2D eigenvalue weighted by Gasteiger charge is -2.72. The second kappa shape index (κ2) is 12.3. The fourth-order valence-electron chi connectivity index (χ4n) is 15.4. The van der Waals surface area contributed by atoms with Gasteiger partial charge in [-0.05, 0) is 165 Å². The molecule has 7 heteroatoms. The molecule has 8 rings (SSSR count). The summed E-state index contributed by atoms with van der Waals surface area (Å²) in [5.74, 6) is 3.61. The highest BCUT2D eigenvalue weighted by Gasteiger charge is 2.70. The monoisotopic (exact) mass is 720 g/mol. The lowest BCUT2D eigenvalue weighted by atomic mass is 9.33. The third-order valence-corrected chi connectivity index (χ3v) is 20.6. The van der Waals surface area contributed by atoms with Crippen LogP contribution in [0.25, 0.3) is 0 Å². The standard InChI is InChI=1S/C44H68N2O4S/c1-27(2)31-14-19-44(46-23-22-45-25-35-32-24-30(32)26-51(35,49)50)21-20-42(6)34(38(31)44)12-13-37-41(5)17-15-33(28-8-10-29(11-9-28)39(47)48)40(3,4)36(41)16-18-43(37,42)7/h8,15,29-32,34-38,45-46H,1,9-14,16-26H2,2-7H3,(H,47,48)/t29-,30+,31+,32?,34-,35-,36+,37-,38-,41+,42-,43-,44+/m1/s1. The fourth-order valence-corrected chi connectivity index (χ4v) is 17.9. The first-order chi connectivity index (χ1) is 24.0. The van der Waals surface area contributed by atoms with E-state index in [0.717, 1.165) is 38.8 Å². The van der Waals surface area contributed by atoms with E-state index in [0.29, 0.717) is 71.0 Å². The van der Waals surface area contributed by atoms with E-state index in [-0.39, 0.29) is 27.5 Å². The first kappa shape index (κ1) is 36.5. The zero-order valence-electron chi connectivity index (χ0n) is 32.7. The Morgan fingerprint density at radius 2 is 1.73 bits per heavy atom. The smallest absolute Gasteiger partial charge is 0.306 e. The number of carbonyl (C=O) groups is 1. The van der Waals surface area contributed by atoms with Crippen molar-refractivity contribution in [2.45, 2.75) is 136 Å². The largest absolute Gasteiger partial charge is 0.481 e. The van der Waals surface area contributed by atoms with Gasteiger partial charge in [0.25, 0.3) is 0 Å². The third kappa shape index (κ3) is 5.40. The highest BCUT2D eigenvalue weighted by molar-refractivity contribution is 7.92. The lowest BCUT2D eigenvalue weighted by Crippen LogP contribution is -2.68. The van der Waals surface area contributed by atoms with Crippen molar-refractivity contribution in [2.75, 3.05) is 25.4 Å². The molecule has 0 bridgehead atoms. The molecule has 0 spiro atoms. The van der Waals surface area contributed by atoms with Crippen LogP contribution in [0.1, 0.15) is 125 Å². The summed E-state index contributed by atoms with van der Waals surface area (Å²) in [7, 11) is -2.91. The van der Waals surface area contributed by atoms with Crippen molar-refractivity contribution in [3.63, 3.8) is 0 Å². The van der Waals surface area contributed by atoms with Gasteiger partial charge in [0.1, 0.15) is 0 Å². The molecule has 1 unspecified atom stereocenters. The van der Waals surface area contributed by atoms with Crippen LogP contribution in [-0.2, 0) is 14.6 Å². The maximum atomic E-state index is 12.6. The highest BCUT2D eigenvalue weighted by atomic mass is 32.2. The number of hydrogen-bond acceptors (Lipinski definition) is 5. The molecular weight excluding hydrogens is 653 g/mol. The van der Waals surface area contributed by atoms with Gasteiger partial charge in [0.15, 0.2) is 9.84 Å². The number of aliphatic carboxylic acids is 1. The van der Waals surface area contributed by atoms with Gasteiger partial charge in [-0.2, -0.15) is 0 Å². The molecule has 0 aromatic heterocycles. The van der Waals surface area contributed by atoms with Gasteiger partial charge in [-0.3, -0.25) is 4.79 Å². The van der Waals surface area contributed by atoms with E-state index in [1.54, 1.807) is 0 Å². The molecule has 1 aliphatic heterocycles. The Balaban J connectivity index is 1.01. The van der Waals surface area contributed by atoms with Crippen LogP contribution >= 0.6 is 0 Å². The molecule has 3 N–H and O–H groups in total. The van der Waals surface area contributed by atoms with Gasteiger partial charge in [0.05, 0.1) is 16.9 Å². The summed E-state index contributed by atoms with van der Waals surface area (Å²) in [6.07, 6.45) is 19.7. The maximum Gasteiger partial charge on any atom is 0.306 e. The third-order valence-electron chi connectivity index (χ3n) is 18.2. The molecule has 0 aromatic carbocycles. The number of allylic oxidation sites excluding steroid dienone is 5. The summed E-state index contributed by atoms with van der Waals surface area (Å²) >= 11 is 0. The minimum atomic E-state index is -2.91. The summed E-state index contributed by atoms with van der Waals surface area (Å²) in [5, 5.41) is 17.2. The summed E-state index contributed by atoms with van der Waals surface area (Å²) in [6.45, 7) is 22.4. The quantitative estimate of drug-likeness (QED) is 0.164. The normalized spacial score (nSPS) is 48.9. The first-order valence-electron chi connectivity index (χ1n) is 20.9. The van der Waals surface area contributed by atoms with Crippen LogP contribution in [0.4, 0.5) is 0 Å². The van der Waals surface area contributed by atoms with Crippen LogP contribution in [-0.4, -0.2) is 55.7 Å². The van der Waals surface area contributed by atoms with Crippen LogP contribution in [0.3, 0.4) is 0 Å². The number of sulfone groups is 1. The minimum absolute atomic E-state index is 0.0897. The second-order valence-electron chi connectivity index (χ2n) is 20.6. The number of rotatable bonds is 9. The van der Waals surface area contributed by atoms with Crippen LogP contribution in [0.5, 0.6) is 0 Å². The Bertz CT molecular complexity index is 1630. The fraction of sp³-hybridized carbons (Fsp3) is 0.841. The van der Waals surface area contributed by atoms with Crippen LogP contribution in [0.2, 0.25) is 0 Å². The lowest BCUT2D eigenvalue weighted by molar-refractivity contribution is -0.221. The van der Waals surface area contributed by atoms with Crippen molar-refractivity contribution in [2.24, 2.45) is 69.0 Å². The minimum Gasteiger partial charge on any atom is -0.481 e. The molecule has 0 radical (unpaired) electrons. The summed E-state index contributed by atoms with van der Waals surface area (Å²) in [5.41, 5.74) is 5.43. The number of carboxylic acids is 1. The van der Waals surface area contributed by atoms with Gasteiger partial charge in [0, 0.05) is 25.2 Å². The van der Waals surface area contributed by atoms with Crippen molar-refractivity contribution in [3.8, 4) is 0 Å². The number of fused-ring (bicyclic) bond motifs is 8. The van der Waals surface area contributed by atoms with E-state index in [9.17, 15) is 18.3 Å². The first-order valence-corrected chi connectivity index (χ1v) is 22.7. The average molecular weight is 721 g/mol. The Hall–Kier alpha value is -1.44. The Kier molecular flexibility index (Phi) is 8.80. The van der Waals surface area contributed by atoms with Crippen LogP contribution in [0.15, 0.2) is 35.5 Å². The number of carboxylic acid groups (broad SMARTS) is 1. The molecule has 6 nitrogen and oxygen atoms in total. The molecule has 1 saturated heterocycles. The van der Waals surface area contributed by atoms with Gasteiger partial charge < -0.3 is 15.7 Å². The van der Waals surface area contributed by atoms with Crippen molar-refractivity contribution < 1.29 is 18.3 Å². The van der Waals surface area contributed by atoms with E-state index in [4.69, 9.17) is 0 Å². The number of nitrogens with one attached hydrogen (secondary N) is 2. The van der Waals surface area contributed by atoms with Crippen molar-refractivity contribution in [3.05, 3.63) is 35.5 Å². The van der Waals surface area contributed by atoms with Gasteiger partial charge in [0.2, 0.25) is 0 Å². The molecule has 1 heterocycles. The molecule has 8 aliphatic rings. The summed E-state index contributed by atoms with van der Waals surface area (Å²) in [4.78, 5) is 11.7. The average Bonchev–Trinajstić information content (AvgIpc) is 3.59. The highest BCUT2D eigenvalue weighted by Crippen LogP contribution is 2.76. The van der Waals surface area contributed by atoms with E-state index in [2.05, 4.69) is 70.9 Å². The van der Waals surface area contributed by atoms with Crippen molar-refractivity contribution in [1.29, 1.82) is 0 Å². The Labute approximate surface area is 309 Å². The predicted octanol–water partition coefficient (Wildman–Crippen LogP) is 8.36. The van der Waals surface area contributed by atoms with Crippen molar-refractivity contribution >= 4 is 15.8 Å². The van der Waals surface area contributed by atoms with Crippen LogP contribution in [0, 0.1) is 69.0 Å². The van der Waals surface area contributed by atoms with E-state index >= 15 is 0 Å². The Morgan fingerprint density at radius 3 is 2.39 bits per heavy atom. The molecule has 5 saturated carbocycles. The summed E-state index contributed by atoms with van der Waals surface area (Å²) < 4.78 is 25.2. The molecule has 0 aromatic rings. The Morgan fingerprint density at radius 1 is 0.941 bits per heavy atom. The SMILES string of the molecule is C=C(C)[C@@H]1CC[C@]2(NCCNC[C@@H]3C4C[C@H]4CS3(=O)=O)CC[C@]3(C)[C@H](CC[C@@H]4[C@@]5(C)CC=C(C6=CC[C@@H](C(=O)O)CC6)C(C)(C)[C@@H]5CC[C@]43C)[C@@H]12. The van der Waals surface area contributed by atoms with Gasteiger partial charge in [-0.1, -0.05) is 58.9 Å². The van der Waals surface area contributed by atoms with Crippen molar-refractivity contribution in [1.82, 2.24) is 10.6 Å². The zero-order valence-corrected chi connectivity index (χ0v) is 33.5. The molecule has 51 heavy (non-hydrogen) atoms. The second-order valence-corrected chi connectivity index (χ2v) is 22.8. The van der Waals surface area contributed by atoms with E-state index in [1.807, 2.05) is 0 Å². The number of hydrogen-bond donors (Lipinski definition) is 3. The summed E-state index contributed by atoms with van der Waals surface area (Å²) in [6, 6.07) is 0. The molecular formula is C44H68N2O4S. The van der Waals surface area contributed by atoms with E-state index in [1.165, 1.54) is 68.1 Å². The molecule has 13 atom stereocenters. The maximum absolute atomic E-state index is 12.6.